The van der Waals surface area contributed by atoms with E-state index in [0.717, 1.165) is 9.15 Å². The Morgan fingerprint density at radius 2 is 1.83 bits per heavy atom. The second kappa shape index (κ2) is 10.9. The van der Waals surface area contributed by atoms with Gasteiger partial charge in [0.05, 0.1) is 18.4 Å². The first-order chi connectivity index (χ1) is 16.9. The van der Waals surface area contributed by atoms with Crippen LogP contribution in [0.5, 0.6) is 5.75 Å². The number of ether oxygens (including phenoxy) is 2. The number of methoxy groups -OCH3 is 1. The third-order valence-corrected chi connectivity index (χ3v) is 5.54. The van der Waals surface area contributed by atoms with Gasteiger partial charge in [-0.05, 0) is 81.8 Å². The summed E-state index contributed by atoms with van der Waals surface area (Å²) in [6.45, 7) is 10.7. The summed E-state index contributed by atoms with van der Waals surface area (Å²) in [6, 6.07) is 11.3. The Morgan fingerprint density at radius 3 is 2.42 bits per heavy atom. The molecule has 0 aliphatic heterocycles. The maximum Gasteiger partial charge on any atom is 0.435 e. The van der Waals surface area contributed by atoms with E-state index in [1.165, 1.54) is 19.3 Å². The maximum absolute atomic E-state index is 14.7. The van der Waals surface area contributed by atoms with E-state index in [-0.39, 0.29) is 17.1 Å². The summed E-state index contributed by atoms with van der Waals surface area (Å²) in [5.41, 5.74) is 0.942. The minimum Gasteiger partial charge on any atom is -0.496 e. The first-order valence-corrected chi connectivity index (χ1v) is 11.8. The van der Waals surface area contributed by atoms with Gasteiger partial charge in [-0.15, -0.1) is 5.10 Å². The van der Waals surface area contributed by atoms with Crippen LogP contribution in [0.3, 0.4) is 0 Å². The summed E-state index contributed by atoms with van der Waals surface area (Å²) >= 11 is 3.34. The van der Waals surface area contributed by atoms with Gasteiger partial charge in [-0.1, -0.05) is 28.6 Å². The molecule has 0 radical (unpaired) electrons. The SMILES string of the molecule is C=Cc1c(/C=C(\C)c2c(F)cccc2OC)c(NC(=O)c2ccc(Br)cc2)nn1C(=O)OC(C)(C)C. The molecule has 2 aromatic carbocycles. The molecule has 36 heavy (non-hydrogen) atoms. The molecule has 0 spiro atoms. The molecule has 7 nitrogen and oxygen atoms in total. The van der Waals surface area contributed by atoms with Gasteiger partial charge < -0.3 is 14.8 Å². The molecule has 0 saturated carbocycles. The van der Waals surface area contributed by atoms with Gasteiger partial charge in [-0.25, -0.2) is 9.18 Å². The van der Waals surface area contributed by atoms with Crippen LogP contribution in [0.2, 0.25) is 0 Å². The predicted molar refractivity (Wildman–Crippen MR) is 143 cm³/mol. The van der Waals surface area contributed by atoms with Gasteiger partial charge in [0, 0.05) is 15.6 Å². The van der Waals surface area contributed by atoms with E-state index in [2.05, 4.69) is 32.9 Å². The number of carbonyl (C=O) groups excluding carboxylic acids is 2. The lowest BCUT2D eigenvalue weighted by atomic mass is 10.0. The van der Waals surface area contributed by atoms with Crippen LogP contribution in [-0.2, 0) is 4.74 Å². The first kappa shape index (κ1) is 26.9. The van der Waals surface area contributed by atoms with Crippen LogP contribution in [-0.4, -0.2) is 34.5 Å². The molecular formula is C27H27BrFN3O4. The number of hydrogen-bond donors (Lipinski definition) is 1. The van der Waals surface area contributed by atoms with Crippen molar-refractivity contribution in [3.63, 3.8) is 0 Å². The van der Waals surface area contributed by atoms with Crippen molar-refractivity contribution >= 4 is 51.5 Å². The first-order valence-electron chi connectivity index (χ1n) is 11.0. The van der Waals surface area contributed by atoms with E-state index in [0.29, 0.717) is 22.4 Å². The maximum atomic E-state index is 14.7. The number of hydrogen-bond acceptors (Lipinski definition) is 5. The number of carbonyl (C=O) groups is 2. The molecule has 3 rings (SSSR count). The zero-order valence-electron chi connectivity index (χ0n) is 20.7. The van der Waals surface area contributed by atoms with Crippen molar-refractivity contribution in [1.29, 1.82) is 0 Å². The Hall–Kier alpha value is -3.72. The third-order valence-electron chi connectivity index (χ3n) is 5.01. The number of benzene rings is 2. The van der Waals surface area contributed by atoms with Crippen LogP contribution < -0.4 is 10.1 Å². The number of halogens is 2. The molecule has 3 aromatic rings. The highest BCUT2D eigenvalue weighted by Crippen LogP contribution is 2.33. The third kappa shape index (κ3) is 6.09. The molecule has 0 unspecified atom stereocenters. The lowest BCUT2D eigenvalue weighted by molar-refractivity contribution is 0.0513. The highest BCUT2D eigenvalue weighted by atomic mass is 79.9. The zero-order valence-corrected chi connectivity index (χ0v) is 22.3. The summed E-state index contributed by atoms with van der Waals surface area (Å²) < 4.78 is 27.4. The lowest BCUT2D eigenvalue weighted by Gasteiger charge is -2.19. The van der Waals surface area contributed by atoms with Crippen molar-refractivity contribution in [3.05, 3.63) is 81.7 Å². The molecule has 0 atom stereocenters. The van der Waals surface area contributed by atoms with Crippen molar-refractivity contribution in [2.45, 2.75) is 33.3 Å². The monoisotopic (exact) mass is 555 g/mol. The number of amides is 1. The second-order valence-electron chi connectivity index (χ2n) is 8.85. The summed E-state index contributed by atoms with van der Waals surface area (Å²) in [5, 5.41) is 7.07. The van der Waals surface area contributed by atoms with Gasteiger partial charge in [0.2, 0.25) is 0 Å². The standard InChI is InChI=1S/C27H27BrFN3O4/c1-7-21-19(15-16(2)23-20(29)9-8-10-22(23)35-6)24(31-32(21)26(34)36-27(3,4)5)30-25(33)17-11-13-18(28)14-12-17/h7-15H,1H2,2-6H3,(H,30,31,33)/b16-15+. The largest absolute Gasteiger partial charge is 0.496 e. The average Bonchev–Trinajstić information content (AvgIpc) is 3.14. The normalized spacial score (nSPS) is 11.7. The van der Waals surface area contributed by atoms with Crippen LogP contribution >= 0.6 is 15.9 Å². The fourth-order valence-electron chi connectivity index (χ4n) is 3.45. The molecule has 188 valence electrons. The fourth-order valence-corrected chi connectivity index (χ4v) is 3.71. The molecule has 1 heterocycles. The van der Waals surface area contributed by atoms with E-state index < -0.39 is 23.4 Å². The molecule has 0 aliphatic carbocycles. The lowest BCUT2D eigenvalue weighted by Crippen LogP contribution is -2.28. The highest BCUT2D eigenvalue weighted by Gasteiger charge is 2.25. The molecular weight excluding hydrogens is 529 g/mol. The van der Waals surface area contributed by atoms with E-state index in [1.54, 1.807) is 70.2 Å². The van der Waals surface area contributed by atoms with Crippen molar-refractivity contribution < 1.29 is 23.5 Å². The number of nitrogens with zero attached hydrogens (tertiary/aromatic N) is 2. The zero-order chi connectivity index (χ0) is 26.6. The minimum absolute atomic E-state index is 0.0818. The van der Waals surface area contributed by atoms with Gasteiger partial charge in [-0.3, -0.25) is 4.79 Å². The number of nitrogens with one attached hydrogen (secondary N) is 1. The quantitative estimate of drug-likeness (QED) is 0.353. The Balaban J connectivity index is 2.16. The number of aromatic nitrogens is 2. The van der Waals surface area contributed by atoms with E-state index >= 15 is 0 Å². The number of allylic oxidation sites excluding steroid dienone is 1. The summed E-state index contributed by atoms with van der Waals surface area (Å²) in [6.07, 6.45) is 2.28. The molecule has 9 heteroatoms. The molecule has 0 saturated heterocycles. The second-order valence-corrected chi connectivity index (χ2v) is 9.76. The molecule has 1 aromatic heterocycles. The van der Waals surface area contributed by atoms with Crippen LogP contribution in [0.15, 0.2) is 53.5 Å². The van der Waals surface area contributed by atoms with Gasteiger partial charge in [0.1, 0.15) is 17.2 Å². The number of rotatable bonds is 6. The molecule has 1 N–H and O–H groups in total. The Bertz CT molecular complexity index is 1340. The fraction of sp³-hybridized carbons (Fsp3) is 0.222. The van der Waals surface area contributed by atoms with E-state index in [9.17, 15) is 14.0 Å². The smallest absolute Gasteiger partial charge is 0.435 e. The van der Waals surface area contributed by atoms with Crippen LogP contribution in [0.4, 0.5) is 15.0 Å². The molecule has 0 bridgehead atoms. The number of anilines is 1. The van der Waals surface area contributed by atoms with Crippen molar-refractivity contribution in [2.24, 2.45) is 0 Å². The van der Waals surface area contributed by atoms with Gasteiger partial charge in [-0.2, -0.15) is 4.68 Å². The van der Waals surface area contributed by atoms with Crippen LogP contribution in [0.25, 0.3) is 17.7 Å². The van der Waals surface area contributed by atoms with E-state index in [1.807, 2.05) is 0 Å². The van der Waals surface area contributed by atoms with Gasteiger partial charge >= 0.3 is 6.09 Å². The van der Waals surface area contributed by atoms with Crippen LogP contribution in [0, 0.1) is 5.82 Å². The van der Waals surface area contributed by atoms with Gasteiger partial charge in [0.25, 0.3) is 5.91 Å². The molecule has 1 amide bonds. The summed E-state index contributed by atoms with van der Waals surface area (Å²) in [5.74, 6) is -0.506. The molecule has 0 fully saturated rings. The van der Waals surface area contributed by atoms with Crippen molar-refractivity contribution in [1.82, 2.24) is 9.78 Å². The van der Waals surface area contributed by atoms with E-state index in [4.69, 9.17) is 9.47 Å². The topological polar surface area (TPSA) is 82.5 Å². The average molecular weight is 556 g/mol. The van der Waals surface area contributed by atoms with Gasteiger partial charge in [0.15, 0.2) is 5.82 Å². The van der Waals surface area contributed by atoms with Crippen LogP contribution in [0.1, 0.15) is 54.9 Å². The van der Waals surface area contributed by atoms with Crippen molar-refractivity contribution in [2.75, 3.05) is 12.4 Å². The Kier molecular flexibility index (Phi) is 8.14. The summed E-state index contributed by atoms with van der Waals surface area (Å²) in [4.78, 5) is 25.9. The molecule has 0 aliphatic rings. The highest BCUT2D eigenvalue weighted by molar-refractivity contribution is 9.10. The Morgan fingerprint density at radius 1 is 1.17 bits per heavy atom. The van der Waals surface area contributed by atoms with Crippen molar-refractivity contribution in [3.8, 4) is 5.75 Å². The Labute approximate surface area is 217 Å². The predicted octanol–water partition coefficient (Wildman–Crippen LogP) is 7.03. The minimum atomic E-state index is -0.783. The summed E-state index contributed by atoms with van der Waals surface area (Å²) in [7, 11) is 1.45.